The van der Waals surface area contributed by atoms with Crippen LogP contribution in [-0.2, 0) is 4.79 Å². The van der Waals surface area contributed by atoms with Gasteiger partial charge in [0, 0.05) is 18.0 Å². The summed E-state index contributed by atoms with van der Waals surface area (Å²) in [6, 6.07) is 0.977. The number of rotatable bonds is 5. The number of nitrogens with zero attached hydrogens (tertiary/aromatic N) is 1. The summed E-state index contributed by atoms with van der Waals surface area (Å²) >= 11 is 0. The number of carbonyl (C=O) groups excluding carboxylic acids is 1. The van der Waals surface area contributed by atoms with E-state index in [0.29, 0.717) is 35.2 Å². The SMILES string of the molecule is CCC(C)C(C)N(C(=O)C1CC12CCNCC2)C1CC1.Cl. The van der Waals surface area contributed by atoms with Crippen LogP contribution in [0.15, 0.2) is 0 Å². The number of hydrogen-bond donors (Lipinski definition) is 1. The van der Waals surface area contributed by atoms with Crippen LogP contribution in [0.1, 0.15) is 59.3 Å². The molecule has 1 amide bonds. The molecule has 3 fully saturated rings. The molecule has 0 aromatic carbocycles. The summed E-state index contributed by atoms with van der Waals surface area (Å²) in [5.41, 5.74) is 0.380. The minimum atomic E-state index is 0. The van der Waals surface area contributed by atoms with Gasteiger partial charge in [-0.1, -0.05) is 20.3 Å². The van der Waals surface area contributed by atoms with Gasteiger partial charge in [-0.2, -0.15) is 0 Å². The molecule has 122 valence electrons. The van der Waals surface area contributed by atoms with Crippen LogP contribution in [0.5, 0.6) is 0 Å². The molecule has 1 aliphatic heterocycles. The zero-order chi connectivity index (χ0) is 14.3. The van der Waals surface area contributed by atoms with Crippen molar-refractivity contribution < 1.29 is 4.79 Å². The molecule has 4 heteroatoms. The average Bonchev–Trinajstić information content (AvgIpc) is 3.37. The normalized spacial score (nSPS) is 29.4. The van der Waals surface area contributed by atoms with Gasteiger partial charge in [-0.05, 0) is 63.5 Å². The Labute approximate surface area is 135 Å². The zero-order valence-corrected chi connectivity index (χ0v) is 14.5. The Morgan fingerprint density at radius 2 is 1.90 bits per heavy atom. The third kappa shape index (κ3) is 3.24. The third-order valence-corrected chi connectivity index (χ3v) is 6.19. The predicted octanol–water partition coefficient (Wildman–Crippen LogP) is 3.22. The lowest BCUT2D eigenvalue weighted by atomic mass is 9.91. The third-order valence-electron chi connectivity index (χ3n) is 6.19. The summed E-state index contributed by atoms with van der Waals surface area (Å²) in [6.45, 7) is 9.01. The van der Waals surface area contributed by atoms with Gasteiger partial charge in [0.25, 0.3) is 0 Å². The van der Waals surface area contributed by atoms with Gasteiger partial charge in [-0.25, -0.2) is 0 Å². The molecule has 1 spiro atoms. The van der Waals surface area contributed by atoms with Gasteiger partial charge in [-0.3, -0.25) is 4.79 Å². The number of carbonyl (C=O) groups is 1. The van der Waals surface area contributed by atoms with Crippen molar-refractivity contribution in [2.45, 2.75) is 71.4 Å². The van der Waals surface area contributed by atoms with Gasteiger partial charge in [0.05, 0.1) is 0 Å². The van der Waals surface area contributed by atoms with Gasteiger partial charge >= 0.3 is 0 Å². The van der Waals surface area contributed by atoms with Crippen molar-refractivity contribution in [1.29, 1.82) is 0 Å². The van der Waals surface area contributed by atoms with E-state index in [9.17, 15) is 4.79 Å². The molecule has 3 nitrogen and oxygen atoms in total. The van der Waals surface area contributed by atoms with Crippen molar-refractivity contribution in [2.75, 3.05) is 13.1 Å². The van der Waals surface area contributed by atoms with Crippen molar-refractivity contribution in [3.63, 3.8) is 0 Å². The van der Waals surface area contributed by atoms with Crippen LogP contribution in [-0.4, -0.2) is 36.0 Å². The summed E-state index contributed by atoms with van der Waals surface area (Å²) in [5.74, 6) is 1.45. The smallest absolute Gasteiger partial charge is 0.226 e. The highest BCUT2D eigenvalue weighted by Gasteiger charge is 2.59. The summed E-state index contributed by atoms with van der Waals surface area (Å²) in [4.78, 5) is 15.3. The lowest BCUT2D eigenvalue weighted by molar-refractivity contribution is -0.137. The second kappa shape index (κ2) is 6.45. The minimum Gasteiger partial charge on any atom is -0.336 e. The van der Waals surface area contributed by atoms with E-state index in [0.717, 1.165) is 25.9 Å². The molecule has 0 radical (unpaired) electrons. The quantitative estimate of drug-likeness (QED) is 0.845. The molecule has 3 aliphatic rings. The molecule has 1 N–H and O–H groups in total. The minimum absolute atomic E-state index is 0. The largest absolute Gasteiger partial charge is 0.336 e. The lowest BCUT2D eigenvalue weighted by Crippen LogP contribution is -2.45. The maximum absolute atomic E-state index is 13.0. The molecule has 3 atom stereocenters. The molecule has 1 heterocycles. The Kier molecular flexibility index (Phi) is 5.25. The number of piperidine rings is 1. The number of amides is 1. The lowest BCUT2D eigenvalue weighted by Gasteiger charge is -2.34. The van der Waals surface area contributed by atoms with E-state index in [2.05, 4.69) is 31.0 Å². The molecular formula is C17H31ClN2O. The molecule has 21 heavy (non-hydrogen) atoms. The van der Waals surface area contributed by atoms with Crippen LogP contribution in [0, 0.1) is 17.3 Å². The van der Waals surface area contributed by atoms with E-state index in [1.165, 1.54) is 25.7 Å². The fraction of sp³-hybridized carbons (Fsp3) is 0.941. The summed E-state index contributed by atoms with van der Waals surface area (Å²) < 4.78 is 0. The van der Waals surface area contributed by atoms with E-state index in [4.69, 9.17) is 0 Å². The van der Waals surface area contributed by atoms with Crippen molar-refractivity contribution in [3.8, 4) is 0 Å². The molecule has 1 saturated heterocycles. The molecule has 3 rings (SSSR count). The second-order valence-corrected chi connectivity index (χ2v) is 7.47. The first-order valence-electron chi connectivity index (χ1n) is 8.62. The molecule has 2 aliphatic carbocycles. The maximum atomic E-state index is 13.0. The van der Waals surface area contributed by atoms with Gasteiger partial charge in [0.2, 0.25) is 5.91 Å². The summed E-state index contributed by atoms with van der Waals surface area (Å²) in [5, 5.41) is 3.43. The fourth-order valence-corrected chi connectivity index (χ4v) is 4.04. The highest BCUT2D eigenvalue weighted by Crippen LogP contribution is 2.59. The maximum Gasteiger partial charge on any atom is 0.226 e. The van der Waals surface area contributed by atoms with Crippen molar-refractivity contribution in [1.82, 2.24) is 10.2 Å². The fourth-order valence-electron chi connectivity index (χ4n) is 4.04. The van der Waals surface area contributed by atoms with Crippen molar-refractivity contribution in [3.05, 3.63) is 0 Å². The second-order valence-electron chi connectivity index (χ2n) is 7.47. The Hall–Kier alpha value is -0.280. The number of hydrogen-bond acceptors (Lipinski definition) is 2. The Bertz CT molecular complexity index is 377. The zero-order valence-electron chi connectivity index (χ0n) is 13.7. The van der Waals surface area contributed by atoms with Crippen molar-refractivity contribution >= 4 is 18.3 Å². The van der Waals surface area contributed by atoms with Crippen LogP contribution in [0.3, 0.4) is 0 Å². The van der Waals surface area contributed by atoms with E-state index >= 15 is 0 Å². The van der Waals surface area contributed by atoms with E-state index in [-0.39, 0.29) is 12.4 Å². The van der Waals surface area contributed by atoms with E-state index in [1.807, 2.05) is 0 Å². The van der Waals surface area contributed by atoms with E-state index in [1.54, 1.807) is 0 Å². The molecular weight excluding hydrogens is 284 g/mol. The molecule has 0 aromatic rings. The van der Waals surface area contributed by atoms with Crippen LogP contribution in [0.2, 0.25) is 0 Å². The summed E-state index contributed by atoms with van der Waals surface area (Å²) in [7, 11) is 0. The van der Waals surface area contributed by atoms with Crippen LogP contribution >= 0.6 is 12.4 Å². The van der Waals surface area contributed by atoms with E-state index < -0.39 is 0 Å². The van der Waals surface area contributed by atoms with Gasteiger partial charge in [0.1, 0.15) is 0 Å². The highest BCUT2D eigenvalue weighted by atomic mass is 35.5. The summed E-state index contributed by atoms with van der Waals surface area (Å²) in [6.07, 6.45) is 7.20. The number of halogens is 1. The number of nitrogens with one attached hydrogen (secondary N) is 1. The first-order chi connectivity index (χ1) is 9.59. The molecule has 0 aromatic heterocycles. The van der Waals surface area contributed by atoms with Crippen molar-refractivity contribution in [2.24, 2.45) is 17.3 Å². The Balaban J connectivity index is 0.00000161. The molecule has 2 saturated carbocycles. The van der Waals surface area contributed by atoms with Crippen LogP contribution < -0.4 is 5.32 Å². The molecule has 3 unspecified atom stereocenters. The first-order valence-corrected chi connectivity index (χ1v) is 8.62. The molecule has 0 bridgehead atoms. The van der Waals surface area contributed by atoms with Crippen LogP contribution in [0.4, 0.5) is 0 Å². The topological polar surface area (TPSA) is 32.3 Å². The predicted molar refractivity (Wildman–Crippen MR) is 88.7 cm³/mol. The first kappa shape index (κ1) is 17.1. The standard InChI is InChI=1S/C17H30N2O.ClH/c1-4-12(2)13(3)19(14-5-6-14)16(20)15-11-17(15)7-9-18-10-8-17;/h12-15,18H,4-11H2,1-3H3;1H. The Morgan fingerprint density at radius 1 is 1.29 bits per heavy atom. The van der Waals surface area contributed by atoms with Gasteiger partial charge in [0.15, 0.2) is 0 Å². The highest BCUT2D eigenvalue weighted by molar-refractivity contribution is 5.85. The van der Waals surface area contributed by atoms with Gasteiger partial charge in [-0.15, -0.1) is 12.4 Å². The van der Waals surface area contributed by atoms with Gasteiger partial charge < -0.3 is 10.2 Å². The monoisotopic (exact) mass is 314 g/mol. The van der Waals surface area contributed by atoms with Crippen LogP contribution in [0.25, 0.3) is 0 Å². The Morgan fingerprint density at radius 3 is 2.43 bits per heavy atom. The average molecular weight is 315 g/mol.